The minimum atomic E-state index is -0.825. The third-order valence-corrected chi connectivity index (χ3v) is 3.47. The molecule has 20 heavy (non-hydrogen) atoms. The zero-order valence-corrected chi connectivity index (χ0v) is 13.3. The number of furan rings is 1. The van der Waals surface area contributed by atoms with Gasteiger partial charge in [-0.25, -0.2) is 0 Å². The van der Waals surface area contributed by atoms with Crippen molar-refractivity contribution < 1.29 is 9.21 Å². The number of carbonyl (C=O) groups excluding carboxylic acids is 1. The first-order valence-corrected chi connectivity index (χ1v) is 7.04. The lowest BCUT2D eigenvalue weighted by atomic mass is 9.98. The second-order valence-electron chi connectivity index (χ2n) is 5.81. The molecule has 0 saturated carbocycles. The molecule has 0 radical (unpaired) electrons. The van der Waals surface area contributed by atoms with E-state index in [0.29, 0.717) is 19.5 Å². The molecular weight excluding hydrogens is 254 g/mol. The standard InChI is InChI=1S/C15H27N3O2/c1-6-15(3,16)14(19)18(10-9-17(4)5)11-13-8-7-12(2)20-13/h7-8H,6,9-11,16H2,1-5H3. The highest BCUT2D eigenvalue weighted by molar-refractivity contribution is 5.85. The van der Waals surface area contributed by atoms with Crippen LogP contribution in [0.15, 0.2) is 16.5 Å². The summed E-state index contributed by atoms with van der Waals surface area (Å²) in [4.78, 5) is 16.4. The predicted molar refractivity (Wildman–Crippen MR) is 80.3 cm³/mol. The van der Waals surface area contributed by atoms with Crippen molar-refractivity contribution in [3.63, 3.8) is 0 Å². The zero-order valence-electron chi connectivity index (χ0n) is 13.3. The van der Waals surface area contributed by atoms with Crippen LogP contribution < -0.4 is 5.73 Å². The average Bonchev–Trinajstić information content (AvgIpc) is 2.78. The Labute approximate surface area is 121 Å². The Balaban J connectivity index is 2.81. The van der Waals surface area contributed by atoms with E-state index in [1.807, 2.05) is 45.0 Å². The molecule has 1 aromatic rings. The van der Waals surface area contributed by atoms with Gasteiger partial charge in [0.15, 0.2) is 0 Å². The fraction of sp³-hybridized carbons (Fsp3) is 0.667. The van der Waals surface area contributed by atoms with Gasteiger partial charge in [-0.2, -0.15) is 0 Å². The highest BCUT2D eigenvalue weighted by Gasteiger charge is 2.31. The van der Waals surface area contributed by atoms with Crippen molar-refractivity contribution in [2.45, 2.75) is 39.3 Å². The van der Waals surface area contributed by atoms with E-state index in [9.17, 15) is 4.79 Å². The van der Waals surface area contributed by atoms with Crippen molar-refractivity contribution in [1.82, 2.24) is 9.80 Å². The van der Waals surface area contributed by atoms with E-state index in [1.165, 1.54) is 0 Å². The van der Waals surface area contributed by atoms with E-state index >= 15 is 0 Å². The van der Waals surface area contributed by atoms with Crippen LogP contribution in [0.4, 0.5) is 0 Å². The van der Waals surface area contributed by atoms with Crippen molar-refractivity contribution in [2.24, 2.45) is 5.73 Å². The lowest BCUT2D eigenvalue weighted by Gasteiger charge is -2.31. The van der Waals surface area contributed by atoms with Crippen LogP contribution in [0, 0.1) is 6.92 Å². The van der Waals surface area contributed by atoms with Crippen LogP contribution in [0.2, 0.25) is 0 Å². The number of carbonyl (C=O) groups is 1. The molecule has 0 aliphatic rings. The van der Waals surface area contributed by atoms with Crippen LogP contribution in [0.25, 0.3) is 0 Å². The number of nitrogens with two attached hydrogens (primary N) is 1. The van der Waals surface area contributed by atoms with Gasteiger partial charge < -0.3 is 20.0 Å². The molecule has 1 unspecified atom stereocenters. The number of hydrogen-bond acceptors (Lipinski definition) is 4. The smallest absolute Gasteiger partial charge is 0.242 e. The molecule has 1 heterocycles. The molecule has 1 aromatic heterocycles. The van der Waals surface area contributed by atoms with Crippen LogP contribution in [-0.2, 0) is 11.3 Å². The van der Waals surface area contributed by atoms with E-state index in [2.05, 4.69) is 0 Å². The summed E-state index contributed by atoms with van der Waals surface area (Å²) in [5, 5.41) is 0. The Hall–Kier alpha value is -1.33. The summed E-state index contributed by atoms with van der Waals surface area (Å²) in [6.45, 7) is 7.51. The highest BCUT2D eigenvalue weighted by atomic mass is 16.3. The average molecular weight is 281 g/mol. The number of nitrogens with zero attached hydrogens (tertiary/aromatic N) is 2. The van der Waals surface area contributed by atoms with Gasteiger partial charge in [-0.3, -0.25) is 4.79 Å². The minimum absolute atomic E-state index is 0.0316. The lowest BCUT2D eigenvalue weighted by molar-refractivity contribution is -0.137. The third kappa shape index (κ3) is 4.65. The first-order valence-electron chi connectivity index (χ1n) is 7.04. The minimum Gasteiger partial charge on any atom is -0.464 e. The summed E-state index contributed by atoms with van der Waals surface area (Å²) in [6.07, 6.45) is 0.613. The summed E-state index contributed by atoms with van der Waals surface area (Å²) >= 11 is 0. The van der Waals surface area contributed by atoms with Crippen molar-refractivity contribution in [3.8, 4) is 0 Å². The predicted octanol–water partition coefficient (Wildman–Crippen LogP) is 1.61. The Bertz CT molecular complexity index is 438. The van der Waals surface area contributed by atoms with Crippen LogP contribution >= 0.6 is 0 Å². The van der Waals surface area contributed by atoms with Gasteiger partial charge in [-0.15, -0.1) is 0 Å². The van der Waals surface area contributed by atoms with E-state index in [-0.39, 0.29) is 5.91 Å². The quantitative estimate of drug-likeness (QED) is 0.824. The SMILES string of the molecule is CCC(C)(N)C(=O)N(CCN(C)C)Cc1ccc(C)o1. The molecule has 114 valence electrons. The number of amides is 1. The van der Waals surface area contributed by atoms with Crippen LogP contribution in [-0.4, -0.2) is 48.4 Å². The van der Waals surface area contributed by atoms with Crippen molar-refractivity contribution in [2.75, 3.05) is 27.2 Å². The second kappa shape index (κ2) is 6.90. The fourth-order valence-corrected chi connectivity index (χ4v) is 1.84. The van der Waals surface area contributed by atoms with Gasteiger partial charge >= 0.3 is 0 Å². The molecule has 0 saturated heterocycles. The number of aryl methyl sites for hydroxylation is 1. The van der Waals surface area contributed by atoms with E-state index in [4.69, 9.17) is 10.2 Å². The van der Waals surface area contributed by atoms with Gasteiger partial charge in [0.25, 0.3) is 0 Å². The molecule has 0 aliphatic heterocycles. The largest absolute Gasteiger partial charge is 0.464 e. The monoisotopic (exact) mass is 281 g/mol. The Morgan fingerprint density at radius 2 is 2.00 bits per heavy atom. The Morgan fingerprint density at radius 3 is 2.45 bits per heavy atom. The summed E-state index contributed by atoms with van der Waals surface area (Å²) in [5.74, 6) is 1.61. The normalized spacial score (nSPS) is 14.3. The number of hydrogen-bond donors (Lipinski definition) is 1. The molecule has 1 atom stereocenters. The lowest BCUT2D eigenvalue weighted by Crippen LogP contribution is -2.53. The molecule has 0 bridgehead atoms. The Kier molecular flexibility index (Phi) is 5.77. The van der Waals surface area contributed by atoms with E-state index in [0.717, 1.165) is 18.1 Å². The second-order valence-corrected chi connectivity index (χ2v) is 5.81. The summed E-state index contributed by atoms with van der Waals surface area (Å²) in [5.41, 5.74) is 5.26. The van der Waals surface area contributed by atoms with Crippen LogP contribution in [0.5, 0.6) is 0 Å². The molecule has 1 amide bonds. The van der Waals surface area contributed by atoms with Gasteiger partial charge in [0.1, 0.15) is 11.5 Å². The summed E-state index contributed by atoms with van der Waals surface area (Å²) in [6, 6.07) is 3.82. The maximum absolute atomic E-state index is 12.6. The van der Waals surface area contributed by atoms with Crippen LogP contribution in [0.3, 0.4) is 0 Å². The van der Waals surface area contributed by atoms with Crippen molar-refractivity contribution in [3.05, 3.63) is 23.7 Å². The molecule has 0 spiro atoms. The molecule has 0 aliphatic carbocycles. The molecule has 0 aromatic carbocycles. The maximum atomic E-state index is 12.6. The van der Waals surface area contributed by atoms with Gasteiger partial charge in [0.05, 0.1) is 12.1 Å². The van der Waals surface area contributed by atoms with Gasteiger partial charge in [0.2, 0.25) is 5.91 Å². The summed E-state index contributed by atoms with van der Waals surface area (Å²) < 4.78 is 5.57. The molecule has 5 heteroatoms. The third-order valence-electron chi connectivity index (χ3n) is 3.47. The fourth-order valence-electron chi connectivity index (χ4n) is 1.84. The topological polar surface area (TPSA) is 62.7 Å². The molecule has 1 rings (SSSR count). The van der Waals surface area contributed by atoms with Gasteiger partial charge in [0, 0.05) is 13.1 Å². The van der Waals surface area contributed by atoms with Crippen molar-refractivity contribution in [1.29, 1.82) is 0 Å². The summed E-state index contributed by atoms with van der Waals surface area (Å²) in [7, 11) is 3.97. The first kappa shape index (κ1) is 16.7. The molecule has 5 nitrogen and oxygen atoms in total. The van der Waals surface area contributed by atoms with E-state index < -0.39 is 5.54 Å². The Morgan fingerprint density at radius 1 is 1.35 bits per heavy atom. The molecule has 2 N–H and O–H groups in total. The van der Waals surface area contributed by atoms with E-state index in [1.54, 1.807) is 11.8 Å². The van der Waals surface area contributed by atoms with Gasteiger partial charge in [-0.05, 0) is 46.5 Å². The molecular formula is C15H27N3O2. The van der Waals surface area contributed by atoms with Crippen LogP contribution in [0.1, 0.15) is 31.8 Å². The maximum Gasteiger partial charge on any atom is 0.242 e. The number of rotatable bonds is 7. The van der Waals surface area contributed by atoms with Crippen molar-refractivity contribution >= 4 is 5.91 Å². The molecule has 0 fully saturated rings. The highest BCUT2D eigenvalue weighted by Crippen LogP contribution is 2.15. The number of likely N-dealkylation sites (N-methyl/N-ethyl adjacent to an activating group) is 1. The van der Waals surface area contributed by atoms with Gasteiger partial charge in [-0.1, -0.05) is 6.92 Å². The zero-order chi connectivity index (χ0) is 15.3. The first-order chi connectivity index (χ1) is 9.26.